The van der Waals surface area contributed by atoms with Gasteiger partial charge in [-0.2, -0.15) is 4.98 Å². The molecule has 21 heavy (non-hydrogen) atoms. The number of benzene rings is 1. The van der Waals surface area contributed by atoms with Crippen LogP contribution in [0.25, 0.3) is 0 Å². The van der Waals surface area contributed by atoms with Crippen molar-refractivity contribution in [2.45, 2.75) is 6.42 Å². The Bertz CT molecular complexity index is 545. The molecule has 0 aliphatic rings. The van der Waals surface area contributed by atoms with Gasteiger partial charge >= 0.3 is 0 Å². The lowest BCUT2D eigenvalue weighted by atomic mass is 10.3. The van der Waals surface area contributed by atoms with Gasteiger partial charge in [0.2, 0.25) is 5.95 Å². The van der Waals surface area contributed by atoms with Crippen LogP contribution in [0.3, 0.4) is 0 Å². The lowest BCUT2D eigenvalue weighted by Crippen LogP contribution is -2.23. The Balaban J connectivity index is 1.79. The number of nitrogens with zero attached hydrogens (tertiary/aromatic N) is 4. The summed E-state index contributed by atoms with van der Waals surface area (Å²) in [6.07, 6.45) is 2.72. The minimum atomic E-state index is 0.694. The van der Waals surface area contributed by atoms with Crippen LogP contribution in [0, 0.1) is 0 Å². The number of aromatic nitrogens is 2. The molecule has 0 spiro atoms. The fourth-order valence-corrected chi connectivity index (χ4v) is 1.89. The van der Waals surface area contributed by atoms with Gasteiger partial charge in [-0.25, -0.2) is 4.98 Å². The Morgan fingerprint density at radius 2 is 1.81 bits per heavy atom. The van der Waals surface area contributed by atoms with Crippen LogP contribution in [0.2, 0.25) is 0 Å². The molecule has 0 N–H and O–H groups in total. The van der Waals surface area contributed by atoms with Crippen LogP contribution in [-0.4, -0.2) is 44.3 Å². The largest absolute Gasteiger partial charge is 0.494 e. The second-order valence-electron chi connectivity index (χ2n) is 5.05. The lowest BCUT2D eigenvalue weighted by Gasteiger charge is -2.19. The second kappa shape index (κ2) is 7.47. The first-order chi connectivity index (χ1) is 10.2. The molecule has 0 saturated carbocycles. The Morgan fingerprint density at radius 1 is 1.05 bits per heavy atom. The highest BCUT2D eigenvalue weighted by Crippen LogP contribution is 2.13. The SMILES string of the molecule is CN(C)c1nccc(N(C)CCCOc2ccccc2)n1. The van der Waals surface area contributed by atoms with Gasteiger partial charge in [0.25, 0.3) is 0 Å². The molecule has 0 amide bonds. The number of rotatable bonds is 7. The molecule has 2 aromatic rings. The maximum Gasteiger partial charge on any atom is 0.226 e. The number of ether oxygens (including phenoxy) is 1. The number of hydrogen-bond donors (Lipinski definition) is 0. The molecule has 1 heterocycles. The van der Waals surface area contributed by atoms with Gasteiger partial charge in [0.1, 0.15) is 11.6 Å². The van der Waals surface area contributed by atoms with Crippen LogP contribution in [0.15, 0.2) is 42.6 Å². The third kappa shape index (κ3) is 4.63. The van der Waals surface area contributed by atoms with Crippen molar-refractivity contribution in [3.63, 3.8) is 0 Å². The summed E-state index contributed by atoms with van der Waals surface area (Å²) in [6.45, 7) is 1.58. The Labute approximate surface area is 126 Å². The van der Waals surface area contributed by atoms with E-state index >= 15 is 0 Å². The van der Waals surface area contributed by atoms with Gasteiger partial charge in [0.05, 0.1) is 6.61 Å². The van der Waals surface area contributed by atoms with E-state index < -0.39 is 0 Å². The zero-order valence-electron chi connectivity index (χ0n) is 12.9. The molecule has 0 fully saturated rings. The molecule has 0 unspecified atom stereocenters. The normalized spacial score (nSPS) is 10.2. The third-order valence-corrected chi connectivity index (χ3v) is 3.07. The van der Waals surface area contributed by atoms with Crippen LogP contribution >= 0.6 is 0 Å². The number of hydrogen-bond acceptors (Lipinski definition) is 5. The van der Waals surface area contributed by atoms with Gasteiger partial charge in [0.15, 0.2) is 0 Å². The van der Waals surface area contributed by atoms with Crippen molar-refractivity contribution in [1.29, 1.82) is 0 Å². The van der Waals surface area contributed by atoms with E-state index in [-0.39, 0.29) is 0 Å². The summed E-state index contributed by atoms with van der Waals surface area (Å²) in [5.74, 6) is 2.56. The van der Waals surface area contributed by atoms with Gasteiger partial charge in [-0.1, -0.05) is 18.2 Å². The monoisotopic (exact) mass is 286 g/mol. The van der Waals surface area contributed by atoms with E-state index in [9.17, 15) is 0 Å². The standard InChI is InChI=1S/C16H22N4O/c1-19(2)16-17-11-10-15(18-16)20(3)12-7-13-21-14-8-5-4-6-9-14/h4-6,8-11H,7,12-13H2,1-3H3. The summed E-state index contributed by atoms with van der Waals surface area (Å²) in [4.78, 5) is 12.7. The van der Waals surface area contributed by atoms with Gasteiger partial charge in [0, 0.05) is 33.9 Å². The maximum absolute atomic E-state index is 5.69. The summed E-state index contributed by atoms with van der Waals surface area (Å²) >= 11 is 0. The first-order valence-corrected chi connectivity index (χ1v) is 7.06. The molecule has 0 aliphatic carbocycles. The average Bonchev–Trinajstić information content (AvgIpc) is 2.52. The van der Waals surface area contributed by atoms with Crippen molar-refractivity contribution in [2.24, 2.45) is 0 Å². The Hall–Kier alpha value is -2.30. The second-order valence-corrected chi connectivity index (χ2v) is 5.05. The molecular weight excluding hydrogens is 264 g/mol. The predicted octanol–water partition coefficient (Wildman–Crippen LogP) is 2.45. The molecule has 0 aliphatic heterocycles. The molecule has 0 bridgehead atoms. The maximum atomic E-state index is 5.69. The summed E-state index contributed by atoms with van der Waals surface area (Å²) < 4.78 is 5.69. The van der Waals surface area contributed by atoms with Crippen LogP contribution in [-0.2, 0) is 0 Å². The minimum Gasteiger partial charge on any atom is -0.494 e. The Kier molecular flexibility index (Phi) is 5.37. The van der Waals surface area contributed by atoms with E-state index in [0.29, 0.717) is 6.61 Å². The highest BCUT2D eigenvalue weighted by molar-refractivity contribution is 5.42. The van der Waals surface area contributed by atoms with E-state index in [1.807, 2.05) is 62.4 Å². The summed E-state index contributed by atoms with van der Waals surface area (Å²) in [5.41, 5.74) is 0. The van der Waals surface area contributed by atoms with Crippen LogP contribution in [0.4, 0.5) is 11.8 Å². The molecule has 112 valence electrons. The molecule has 0 radical (unpaired) electrons. The molecule has 1 aromatic heterocycles. The molecular formula is C16H22N4O. The average molecular weight is 286 g/mol. The number of anilines is 2. The Morgan fingerprint density at radius 3 is 2.52 bits per heavy atom. The van der Waals surface area contributed by atoms with E-state index in [0.717, 1.165) is 30.5 Å². The fourth-order valence-electron chi connectivity index (χ4n) is 1.89. The van der Waals surface area contributed by atoms with Crippen molar-refractivity contribution in [3.8, 4) is 5.75 Å². The fraction of sp³-hybridized carbons (Fsp3) is 0.375. The molecule has 1 aromatic carbocycles. The van der Waals surface area contributed by atoms with Crippen molar-refractivity contribution >= 4 is 11.8 Å². The summed E-state index contributed by atoms with van der Waals surface area (Å²) in [5, 5.41) is 0. The quantitative estimate of drug-likeness (QED) is 0.731. The molecule has 5 heteroatoms. The van der Waals surface area contributed by atoms with Crippen LogP contribution in [0.5, 0.6) is 5.75 Å². The van der Waals surface area contributed by atoms with Crippen molar-refractivity contribution in [3.05, 3.63) is 42.6 Å². The minimum absolute atomic E-state index is 0.694. The zero-order valence-corrected chi connectivity index (χ0v) is 12.9. The van der Waals surface area contributed by atoms with Crippen LogP contribution < -0.4 is 14.5 Å². The molecule has 2 rings (SSSR count). The summed E-state index contributed by atoms with van der Waals surface area (Å²) in [7, 11) is 5.91. The first kappa shape index (κ1) is 15.1. The molecule has 0 saturated heterocycles. The van der Waals surface area contributed by atoms with E-state index in [1.165, 1.54) is 0 Å². The van der Waals surface area contributed by atoms with E-state index in [2.05, 4.69) is 14.9 Å². The van der Waals surface area contributed by atoms with E-state index in [4.69, 9.17) is 4.74 Å². The molecule has 0 atom stereocenters. The third-order valence-electron chi connectivity index (χ3n) is 3.07. The topological polar surface area (TPSA) is 41.5 Å². The van der Waals surface area contributed by atoms with Crippen LogP contribution in [0.1, 0.15) is 6.42 Å². The van der Waals surface area contributed by atoms with Gasteiger partial charge in [-0.15, -0.1) is 0 Å². The van der Waals surface area contributed by atoms with Gasteiger partial charge in [-0.05, 0) is 24.6 Å². The van der Waals surface area contributed by atoms with Crippen molar-refractivity contribution in [1.82, 2.24) is 9.97 Å². The van der Waals surface area contributed by atoms with Gasteiger partial charge < -0.3 is 14.5 Å². The highest BCUT2D eigenvalue weighted by Gasteiger charge is 2.05. The van der Waals surface area contributed by atoms with Crippen molar-refractivity contribution in [2.75, 3.05) is 44.1 Å². The first-order valence-electron chi connectivity index (χ1n) is 7.06. The van der Waals surface area contributed by atoms with E-state index in [1.54, 1.807) is 6.20 Å². The zero-order chi connectivity index (χ0) is 15.1. The lowest BCUT2D eigenvalue weighted by molar-refractivity contribution is 0.312. The predicted molar refractivity (Wildman–Crippen MR) is 86.2 cm³/mol. The molecule has 5 nitrogen and oxygen atoms in total. The summed E-state index contributed by atoms with van der Waals surface area (Å²) in [6, 6.07) is 11.8. The van der Waals surface area contributed by atoms with Gasteiger partial charge in [-0.3, -0.25) is 0 Å². The number of para-hydroxylation sites is 1. The van der Waals surface area contributed by atoms with Crippen molar-refractivity contribution < 1.29 is 4.74 Å². The highest BCUT2D eigenvalue weighted by atomic mass is 16.5. The smallest absolute Gasteiger partial charge is 0.226 e.